The summed E-state index contributed by atoms with van der Waals surface area (Å²) in [6.45, 7) is 2.20. The van der Waals surface area contributed by atoms with Crippen LogP contribution in [0.2, 0.25) is 5.02 Å². The Bertz CT molecular complexity index is 819. The van der Waals surface area contributed by atoms with Crippen molar-refractivity contribution in [2.45, 2.75) is 6.54 Å². The lowest BCUT2D eigenvalue weighted by atomic mass is 10.1. The topological polar surface area (TPSA) is 42.0 Å². The summed E-state index contributed by atoms with van der Waals surface area (Å²) in [6, 6.07) is 13.2. The highest BCUT2D eigenvalue weighted by atomic mass is 35.5. The van der Waals surface area contributed by atoms with Gasteiger partial charge in [-0.1, -0.05) is 29.8 Å². The number of nitrogens with zero attached hydrogens (tertiary/aromatic N) is 2. The first kappa shape index (κ1) is 19.3. The number of carbonyl (C=O) groups is 1. The molecular formula is C21H23ClN2O3. The Kier molecular flexibility index (Phi) is 6.37. The number of amides is 1. The molecule has 1 aliphatic rings. The smallest absolute Gasteiger partial charge is 0.246 e. The summed E-state index contributed by atoms with van der Waals surface area (Å²) >= 11 is 5.95. The third-order valence-corrected chi connectivity index (χ3v) is 4.48. The molecule has 1 aliphatic heterocycles. The molecule has 0 aromatic heterocycles. The minimum Gasteiger partial charge on any atom is -0.454 e. The Morgan fingerprint density at radius 1 is 1.07 bits per heavy atom. The zero-order valence-corrected chi connectivity index (χ0v) is 16.3. The molecule has 2 aromatic carbocycles. The van der Waals surface area contributed by atoms with Crippen LogP contribution in [0.1, 0.15) is 11.1 Å². The SMILES string of the molecule is CN(C)CCN(Cc1ccc(Cl)cc1)C(=O)/C=C/c1ccc2c(c1)OCO2. The second kappa shape index (κ2) is 8.93. The lowest BCUT2D eigenvalue weighted by Crippen LogP contribution is -2.35. The summed E-state index contributed by atoms with van der Waals surface area (Å²) in [4.78, 5) is 16.7. The van der Waals surface area contributed by atoms with Crippen LogP contribution in [0.4, 0.5) is 0 Å². The number of fused-ring (bicyclic) bond motifs is 1. The van der Waals surface area contributed by atoms with Crippen molar-refractivity contribution in [3.8, 4) is 11.5 Å². The molecule has 0 saturated carbocycles. The zero-order chi connectivity index (χ0) is 19.2. The molecule has 6 heteroatoms. The number of carbonyl (C=O) groups excluding carboxylic acids is 1. The number of rotatable bonds is 7. The number of hydrogen-bond acceptors (Lipinski definition) is 4. The molecule has 3 rings (SSSR count). The Labute approximate surface area is 164 Å². The summed E-state index contributed by atoms with van der Waals surface area (Å²) in [5.74, 6) is 1.40. The molecule has 0 aliphatic carbocycles. The van der Waals surface area contributed by atoms with Crippen molar-refractivity contribution in [2.24, 2.45) is 0 Å². The maximum atomic E-state index is 12.8. The van der Waals surface area contributed by atoms with E-state index in [0.717, 1.165) is 23.4 Å². The maximum Gasteiger partial charge on any atom is 0.246 e. The summed E-state index contributed by atoms with van der Waals surface area (Å²) in [6.07, 6.45) is 3.40. The fourth-order valence-electron chi connectivity index (χ4n) is 2.69. The minimum absolute atomic E-state index is 0.0375. The van der Waals surface area contributed by atoms with E-state index in [4.69, 9.17) is 21.1 Å². The van der Waals surface area contributed by atoms with Gasteiger partial charge >= 0.3 is 0 Å². The average Bonchev–Trinajstić information content (AvgIpc) is 3.12. The first-order valence-corrected chi connectivity index (χ1v) is 9.15. The molecule has 0 spiro atoms. The third-order valence-electron chi connectivity index (χ3n) is 4.23. The van der Waals surface area contributed by atoms with E-state index in [1.807, 2.05) is 61.5 Å². The van der Waals surface area contributed by atoms with E-state index in [2.05, 4.69) is 4.90 Å². The van der Waals surface area contributed by atoms with Crippen LogP contribution in [0.3, 0.4) is 0 Å². The summed E-state index contributed by atoms with van der Waals surface area (Å²) in [7, 11) is 3.99. The van der Waals surface area contributed by atoms with Gasteiger partial charge in [-0.15, -0.1) is 0 Å². The van der Waals surface area contributed by atoms with E-state index in [9.17, 15) is 4.79 Å². The summed E-state index contributed by atoms with van der Waals surface area (Å²) in [5.41, 5.74) is 1.94. The van der Waals surface area contributed by atoms with E-state index in [1.54, 1.807) is 12.2 Å². The molecule has 27 heavy (non-hydrogen) atoms. The van der Waals surface area contributed by atoms with Crippen LogP contribution in [0.15, 0.2) is 48.5 Å². The van der Waals surface area contributed by atoms with Crippen LogP contribution in [-0.4, -0.2) is 49.7 Å². The second-order valence-corrected chi connectivity index (χ2v) is 7.07. The molecule has 5 nitrogen and oxygen atoms in total. The van der Waals surface area contributed by atoms with E-state index in [0.29, 0.717) is 23.9 Å². The maximum absolute atomic E-state index is 12.8. The predicted octanol–water partition coefficient (Wildman–Crippen LogP) is 3.67. The first-order chi connectivity index (χ1) is 13.0. The van der Waals surface area contributed by atoms with Crippen molar-refractivity contribution in [3.63, 3.8) is 0 Å². The van der Waals surface area contributed by atoms with Gasteiger partial charge in [-0.25, -0.2) is 0 Å². The summed E-state index contributed by atoms with van der Waals surface area (Å²) < 4.78 is 10.7. The molecule has 142 valence electrons. The molecule has 0 atom stereocenters. The molecule has 0 N–H and O–H groups in total. The highest BCUT2D eigenvalue weighted by molar-refractivity contribution is 6.30. The summed E-state index contributed by atoms with van der Waals surface area (Å²) in [5, 5.41) is 0.688. The van der Waals surface area contributed by atoms with Crippen molar-refractivity contribution in [2.75, 3.05) is 34.0 Å². The minimum atomic E-state index is -0.0375. The largest absolute Gasteiger partial charge is 0.454 e. The number of halogens is 1. The van der Waals surface area contributed by atoms with Gasteiger partial charge in [-0.3, -0.25) is 4.79 Å². The van der Waals surface area contributed by atoms with Gasteiger partial charge in [0.1, 0.15) is 0 Å². The van der Waals surface area contributed by atoms with Gasteiger partial charge in [-0.05, 0) is 55.6 Å². The fraction of sp³-hybridized carbons (Fsp3) is 0.286. The number of likely N-dealkylation sites (N-methyl/N-ethyl adjacent to an activating group) is 1. The van der Waals surface area contributed by atoms with Crippen molar-refractivity contribution in [3.05, 3.63) is 64.7 Å². The van der Waals surface area contributed by atoms with Crippen LogP contribution < -0.4 is 9.47 Å². The highest BCUT2D eigenvalue weighted by Gasteiger charge is 2.14. The van der Waals surface area contributed by atoms with Crippen molar-refractivity contribution in [1.82, 2.24) is 9.80 Å². The Morgan fingerprint density at radius 3 is 2.56 bits per heavy atom. The van der Waals surface area contributed by atoms with Gasteiger partial charge < -0.3 is 19.3 Å². The molecule has 1 amide bonds. The zero-order valence-electron chi connectivity index (χ0n) is 15.5. The Morgan fingerprint density at radius 2 is 1.81 bits per heavy atom. The fourth-order valence-corrected chi connectivity index (χ4v) is 2.81. The molecule has 0 bridgehead atoms. The lowest BCUT2D eigenvalue weighted by Gasteiger charge is -2.23. The van der Waals surface area contributed by atoms with E-state index >= 15 is 0 Å². The predicted molar refractivity (Wildman–Crippen MR) is 107 cm³/mol. The normalized spacial score (nSPS) is 12.7. The van der Waals surface area contributed by atoms with Gasteiger partial charge in [0.2, 0.25) is 12.7 Å². The molecule has 0 fully saturated rings. The molecule has 0 radical (unpaired) electrons. The first-order valence-electron chi connectivity index (χ1n) is 8.77. The van der Waals surface area contributed by atoms with Crippen molar-refractivity contribution < 1.29 is 14.3 Å². The molecular weight excluding hydrogens is 364 g/mol. The van der Waals surface area contributed by atoms with Crippen LogP contribution in [-0.2, 0) is 11.3 Å². The van der Waals surface area contributed by atoms with Gasteiger partial charge in [0.25, 0.3) is 0 Å². The van der Waals surface area contributed by atoms with E-state index in [-0.39, 0.29) is 12.7 Å². The lowest BCUT2D eigenvalue weighted by molar-refractivity contribution is -0.126. The van der Waals surface area contributed by atoms with Gasteiger partial charge in [-0.2, -0.15) is 0 Å². The number of hydrogen-bond donors (Lipinski definition) is 0. The van der Waals surface area contributed by atoms with Crippen LogP contribution in [0.25, 0.3) is 6.08 Å². The van der Waals surface area contributed by atoms with Crippen LogP contribution in [0, 0.1) is 0 Å². The number of ether oxygens (including phenoxy) is 2. The molecule has 0 unspecified atom stereocenters. The van der Waals surface area contributed by atoms with Gasteiger partial charge in [0.05, 0.1) is 0 Å². The highest BCUT2D eigenvalue weighted by Crippen LogP contribution is 2.32. The molecule has 0 saturated heterocycles. The van der Waals surface area contributed by atoms with Gasteiger partial charge in [0.15, 0.2) is 11.5 Å². The van der Waals surface area contributed by atoms with Gasteiger partial charge in [0, 0.05) is 30.7 Å². The van der Waals surface area contributed by atoms with E-state index < -0.39 is 0 Å². The second-order valence-electron chi connectivity index (χ2n) is 6.64. The van der Waals surface area contributed by atoms with Crippen LogP contribution >= 0.6 is 11.6 Å². The Hall–Kier alpha value is -2.50. The monoisotopic (exact) mass is 386 g/mol. The quantitative estimate of drug-likeness (QED) is 0.681. The van der Waals surface area contributed by atoms with Crippen molar-refractivity contribution in [1.29, 1.82) is 0 Å². The third kappa shape index (κ3) is 5.49. The molecule has 1 heterocycles. The Balaban J connectivity index is 1.70. The van der Waals surface area contributed by atoms with Crippen molar-refractivity contribution >= 4 is 23.6 Å². The average molecular weight is 387 g/mol. The molecule has 2 aromatic rings. The van der Waals surface area contributed by atoms with Crippen LogP contribution in [0.5, 0.6) is 11.5 Å². The number of benzene rings is 2. The standard InChI is InChI=1S/C21H23ClN2O3/c1-23(2)11-12-24(14-17-3-7-18(22)8-4-17)21(25)10-6-16-5-9-19-20(13-16)27-15-26-19/h3-10,13H,11-12,14-15H2,1-2H3/b10-6+. The van der Waals surface area contributed by atoms with E-state index in [1.165, 1.54) is 0 Å².